The Morgan fingerprint density at radius 2 is 1.82 bits per heavy atom. The number of hydrogen-bond donors (Lipinski definition) is 3. The lowest BCUT2D eigenvalue weighted by molar-refractivity contribution is -0.132. The number of alkyl halides is 2. The predicted octanol–water partition coefficient (Wildman–Crippen LogP) is 2.50. The van der Waals surface area contributed by atoms with Crippen molar-refractivity contribution in [2.75, 3.05) is 0 Å². The minimum absolute atomic E-state index is 0.0468. The van der Waals surface area contributed by atoms with E-state index < -0.39 is 29.9 Å². The van der Waals surface area contributed by atoms with Gasteiger partial charge < -0.3 is 15.0 Å². The van der Waals surface area contributed by atoms with E-state index in [4.69, 9.17) is 4.74 Å². The highest BCUT2D eigenvalue weighted by molar-refractivity contribution is 6.02. The molecule has 0 aromatic heterocycles. The number of nitrogens with zero attached hydrogens (tertiary/aromatic N) is 1. The second-order valence-electron chi connectivity index (χ2n) is 9.15. The lowest BCUT2D eigenvalue weighted by atomic mass is 9.89. The summed E-state index contributed by atoms with van der Waals surface area (Å²) in [5.41, 5.74) is 3.98. The monoisotopic (exact) mass is 466 g/mol. The maximum Gasteiger partial charge on any atom is 0.407 e. The highest BCUT2D eigenvalue weighted by Crippen LogP contribution is 2.32. The Bertz CT molecular complexity index is 947. The number of carbonyl (C=O) groups excluding carboxylic acids is 4. The first-order chi connectivity index (χ1) is 15.5. The maximum atomic E-state index is 13.2. The van der Waals surface area contributed by atoms with E-state index in [9.17, 15) is 28.0 Å². The zero-order valence-corrected chi connectivity index (χ0v) is 18.7. The number of alkyl carbamates (subject to hydrolysis) is 1. The maximum absolute atomic E-state index is 13.2. The number of halogens is 2. The van der Waals surface area contributed by atoms with Crippen molar-refractivity contribution >= 4 is 23.8 Å². The van der Waals surface area contributed by atoms with Crippen LogP contribution in [0.3, 0.4) is 0 Å². The lowest BCUT2D eigenvalue weighted by Gasteiger charge is -2.38. The van der Waals surface area contributed by atoms with Gasteiger partial charge in [0.15, 0.2) is 0 Å². The quantitative estimate of drug-likeness (QED) is 0.590. The van der Waals surface area contributed by atoms with E-state index in [0.29, 0.717) is 24.9 Å². The topological polar surface area (TPSA) is 117 Å². The third-order valence-corrected chi connectivity index (χ3v) is 5.53. The van der Waals surface area contributed by atoms with Gasteiger partial charge in [-0.2, -0.15) is 8.78 Å². The average molecular weight is 466 g/mol. The van der Waals surface area contributed by atoms with Gasteiger partial charge in [-0.1, -0.05) is 18.9 Å². The number of hydrogen-bond acceptors (Lipinski definition) is 5. The molecule has 180 valence electrons. The molecule has 0 radical (unpaired) electrons. The van der Waals surface area contributed by atoms with Crippen LogP contribution >= 0.6 is 0 Å². The normalized spacial score (nSPS) is 20.3. The van der Waals surface area contributed by atoms with Gasteiger partial charge in [0.05, 0.1) is 12.1 Å². The first kappa shape index (κ1) is 24.4. The van der Waals surface area contributed by atoms with Crippen molar-refractivity contribution in [3.63, 3.8) is 0 Å². The van der Waals surface area contributed by atoms with Gasteiger partial charge in [-0.25, -0.2) is 4.79 Å². The molecule has 0 bridgehead atoms. The molecule has 11 heteroatoms. The molecule has 9 nitrogen and oxygen atoms in total. The van der Waals surface area contributed by atoms with Gasteiger partial charge in [0.1, 0.15) is 5.60 Å². The summed E-state index contributed by atoms with van der Waals surface area (Å²) in [4.78, 5) is 50.3. The molecule has 0 saturated heterocycles. The van der Waals surface area contributed by atoms with Crippen LogP contribution < -0.4 is 16.2 Å². The molecule has 1 aromatic carbocycles. The third-order valence-electron chi connectivity index (χ3n) is 5.53. The fraction of sp³-hybridized carbons (Fsp3) is 0.545. The van der Waals surface area contributed by atoms with E-state index in [-0.39, 0.29) is 23.6 Å². The van der Waals surface area contributed by atoms with Crippen molar-refractivity contribution in [1.29, 1.82) is 0 Å². The van der Waals surface area contributed by atoms with Crippen LogP contribution in [0.4, 0.5) is 13.6 Å². The number of carbonyl (C=O) groups is 4. The summed E-state index contributed by atoms with van der Waals surface area (Å²) in [5.74, 6) is -2.73. The SMILES string of the molecule is CC(C)(C)OC(=O)N[C@@H]1CCCC[C@H]1N1Cc2ccc(C(=O)NNC(=O)C(F)F)cc2C1=O. The van der Waals surface area contributed by atoms with E-state index in [1.165, 1.54) is 12.1 Å². The first-order valence-electron chi connectivity index (χ1n) is 10.8. The fourth-order valence-electron chi connectivity index (χ4n) is 4.09. The summed E-state index contributed by atoms with van der Waals surface area (Å²) >= 11 is 0. The molecule has 0 unspecified atom stereocenters. The third kappa shape index (κ3) is 5.96. The molecule has 4 amide bonds. The molecule has 1 aliphatic carbocycles. The minimum atomic E-state index is -3.27. The number of fused-ring (bicyclic) bond motifs is 1. The number of amides is 4. The highest BCUT2D eigenvalue weighted by Gasteiger charge is 2.39. The summed E-state index contributed by atoms with van der Waals surface area (Å²) < 4.78 is 29.9. The van der Waals surface area contributed by atoms with Crippen LogP contribution in [-0.2, 0) is 16.1 Å². The van der Waals surface area contributed by atoms with Crippen molar-refractivity contribution in [3.05, 3.63) is 34.9 Å². The van der Waals surface area contributed by atoms with Crippen molar-refractivity contribution in [3.8, 4) is 0 Å². The van der Waals surface area contributed by atoms with Gasteiger partial charge in [0.2, 0.25) is 0 Å². The number of benzene rings is 1. The molecule has 1 saturated carbocycles. The van der Waals surface area contributed by atoms with Gasteiger partial charge in [0.25, 0.3) is 11.8 Å². The van der Waals surface area contributed by atoms with Crippen molar-refractivity contribution in [2.24, 2.45) is 0 Å². The molecule has 0 spiro atoms. The van der Waals surface area contributed by atoms with Crippen LogP contribution in [0, 0.1) is 0 Å². The van der Waals surface area contributed by atoms with Gasteiger partial charge in [0, 0.05) is 17.7 Å². The Labute approximate surface area is 190 Å². The molecule has 2 atom stereocenters. The Balaban J connectivity index is 1.70. The van der Waals surface area contributed by atoms with E-state index in [2.05, 4.69) is 5.32 Å². The van der Waals surface area contributed by atoms with Crippen molar-refractivity contribution in [2.45, 2.75) is 77.1 Å². The zero-order valence-electron chi connectivity index (χ0n) is 18.7. The van der Waals surface area contributed by atoms with Crippen LogP contribution in [-0.4, -0.2) is 52.8 Å². The van der Waals surface area contributed by atoms with Gasteiger partial charge in [-0.15, -0.1) is 0 Å². The summed E-state index contributed by atoms with van der Waals surface area (Å²) in [6.07, 6.45) is -0.545. The Hall–Kier alpha value is -3.24. The smallest absolute Gasteiger partial charge is 0.407 e. The van der Waals surface area contributed by atoms with Gasteiger partial charge in [-0.05, 0) is 51.3 Å². The molecular weight excluding hydrogens is 438 g/mol. The van der Waals surface area contributed by atoms with Crippen molar-refractivity contribution < 1.29 is 32.7 Å². The predicted molar refractivity (Wildman–Crippen MR) is 113 cm³/mol. The van der Waals surface area contributed by atoms with E-state index >= 15 is 0 Å². The molecule has 1 fully saturated rings. The second-order valence-corrected chi connectivity index (χ2v) is 9.15. The van der Waals surface area contributed by atoms with E-state index in [1.807, 2.05) is 5.43 Å². The minimum Gasteiger partial charge on any atom is -0.444 e. The Morgan fingerprint density at radius 3 is 2.48 bits per heavy atom. The van der Waals surface area contributed by atoms with Crippen LogP contribution in [0.15, 0.2) is 18.2 Å². The summed E-state index contributed by atoms with van der Waals surface area (Å²) in [5, 5.41) is 2.90. The second kappa shape index (κ2) is 9.72. The summed E-state index contributed by atoms with van der Waals surface area (Å²) in [6.45, 7) is 5.66. The number of rotatable bonds is 4. The Kier molecular flexibility index (Phi) is 7.19. The van der Waals surface area contributed by atoms with Gasteiger partial charge >= 0.3 is 18.4 Å². The summed E-state index contributed by atoms with van der Waals surface area (Å²) in [6, 6.07) is 3.96. The van der Waals surface area contributed by atoms with Gasteiger partial charge in [-0.3, -0.25) is 25.2 Å². The fourth-order valence-corrected chi connectivity index (χ4v) is 4.09. The zero-order chi connectivity index (χ0) is 24.3. The van der Waals surface area contributed by atoms with Crippen LogP contribution in [0.5, 0.6) is 0 Å². The molecule has 1 aromatic rings. The number of hydrazine groups is 1. The number of nitrogens with one attached hydrogen (secondary N) is 3. The molecule has 3 N–H and O–H groups in total. The summed E-state index contributed by atoms with van der Waals surface area (Å²) in [7, 11) is 0. The standard InChI is InChI=1S/C22H28F2N4O5/c1-22(2,3)33-21(32)25-15-6-4-5-7-16(15)28-11-13-9-8-12(10-14(13)20(28)31)18(29)26-27-19(30)17(23)24/h8-10,15-17H,4-7,11H2,1-3H3,(H,25,32)(H,26,29)(H,27,30)/t15-,16-/m1/s1. The van der Waals surface area contributed by atoms with Crippen LogP contribution in [0.2, 0.25) is 0 Å². The molecule has 2 aliphatic rings. The largest absolute Gasteiger partial charge is 0.444 e. The Morgan fingerprint density at radius 1 is 1.12 bits per heavy atom. The first-order valence-corrected chi connectivity index (χ1v) is 10.8. The van der Waals surface area contributed by atoms with Crippen molar-refractivity contribution in [1.82, 2.24) is 21.1 Å². The highest BCUT2D eigenvalue weighted by atomic mass is 19.3. The van der Waals surface area contributed by atoms with E-state index in [0.717, 1.165) is 18.4 Å². The molecule has 3 rings (SSSR count). The molecule has 1 heterocycles. The lowest BCUT2D eigenvalue weighted by Crippen LogP contribution is -2.54. The van der Waals surface area contributed by atoms with Crippen LogP contribution in [0.25, 0.3) is 0 Å². The van der Waals surface area contributed by atoms with E-state index in [1.54, 1.807) is 37.2 Å². The van der Waals surface area contributed by atoms with Crippen LogP contribution in [0.1, 0.15) is 72.7 Å². The molecule has 1 aliphatic heterocycles. The number of ether oxygens (including phenoxy) is 1. The molecular formula is C22H28F2N4O5. The average Bonchev–Trinajstić information content (AvgIpc) is 3.06. The molecule has 33 heavy (non-hydrogen) atoms.